The van der Waals surface area contributed by atoms with E-state index in [4.69, 9.17) is 21.6 Å². The van der Waals surface area contributed by atoms with Crippen LogP contribution in [0.2, 0.25) is 5.02 Å². The maximum atomic E-state index is 9.56. The third-order valence-electron chi connectivity index (χ3n) is 2.58. The summed E-state index contributed by atoms with van der Waals surface area (Å²) in [6.07, 6.45) is 0. The van der Waals surface area contributed by atoms with Crippen LogP contribution in [0.3, 0.4) is 0 Å². The molecule has 2 aromatic rings. The van der Waals surface area contributed by atoms with Crippen LogP contribution in [0.15, 0.2) is 36.4 Å². The number of aromatic hydroxyl groups is 1. The summed E-state index contributed by atoms with van der Waals surface area (Å²) in [6, 6.07) is 11.8. The van der Waals surface area contributed by atoms with Crippen molar-refractivity contribution in [1.82, 2.24) is 0 Å². The Hall–Kier alpha value is -2.18. The van der Waals surface area contributed by atoms with Gasteiger partial charge in [-0.1, -0.05) is 11.6 Å². The minimum atomic E-state index is 0.106. The fourth-order valence-corrected chi connectivity index (χ4v) is 1.92. The van der Waals surface area contributed by atoms with Crippen molar-refractivity contribution in [2.45, 2.75) is 0 Å². The van der Waals surface area contributed by atoms with Crippen LogP contribution in [0.1, 0.15) is 5.56 Å². The Morgan fingerprint density at radius 1 is 1.17 bits per heavy atom. The Kier molecular flexibility index (Phi) is 3.40. The topological polar surface area (TPSA) is 53.2 Å². The predicted molar refractivity (Wildman–Crippen MR) is 69.8 cm³/mol. The summed E-state index contributed by atoms with van der Waals surface area (Å²) >= 11 is 5.95. The van der Waals surface area contributed by atoms with Crippen LogP contribution in [0.5, 0.6) is 11.5 Å². The lowest BCUT2D eigenvalue weighted by Crippen LogP contribution is -1.90. The summed E-state index contributed by atoms with van der Waals surface area (Å²) in [4.78, 5) is 0. The molecule has 0 aliphatic rings. The molecule has 18 heavy (non-hydrogen) atoms. The van der Waals surface area contributed by atoms with Crippen molar-refractivity contribution in [3.63, 3.8) is 0 Å². The van der Waals surface area contributed by atoms with Crippen molar-refractivity contribution in [3.8, 4) is 28.7 Å². The fraction of sp³-hybridized carbons (Fsp3) is 0.0714. The number of nitriles is 1. The highest BCUT2D eigenvalue weighted by atomic mass is 35.5. The number of methoxy groups -OCH3 is 1. The van der Waals surface area contributed by atoms with E-state index in [2.05, 4.69) is 6.07 Å². The van der Waals surface area contributed by atoms with Crippen LogP contribution in [0.25, 0.3) is 11.1 Å². The third-order valence-corrected chi connectivity index (χ3v) is 2.81. The molecule has 4 heteroatoms. The predicted octanol–water partition coefficient (Wildman–Crippen LogP) is 3.59. The molecule has 1 N–H and O–H groups in total. The molecular formula is C14H10ClNO2. The quantitative estimate of drug-likeness (QED) is 0.897. The number of nitrogens with zero attached hydrogens (tertiary/aromatic N) is 1. The standard InChI is InChI=1S/C14H10ClNO2/c1-18-14-5-4-11(17)7-13(14)12-6-10(15)3-2-9(12)8-16/h2-7,17H,1H3. The summed E-state index contributed by atoms with van der Waals surface area (Å²) < 4.78 is 5.23. The van der Waals surface area contributed by atoms with Gasteiger partial charge in [-0.2, -0.15) is 5.26 Å². The van der Waals surface area contributed by atoms with E-state index in [9.17, 15) is 5.11 Å². The van der Waals surface area contributed by atoms with Crippen LogP contribution in [0, 0.1) is 11.3 Å². The van der Waals surface area contributed by atoms with Crippen molar-refractivity contribution in [1.29, 1.82) is 5.26 Å². The Morgan fingerprint density at radius 2 is 1.94 bits per heavy atom. The molecule has 0 amide bonds. The zero-order valence-electron chi connectivity index (χ0n) is 9.64. The molecule has 0 aliphatic heterocycles. The van der Waals surface area contributed by atoms with Gasteiger partial charge in [-0.25, -0.2) is 0 Å². The fourth-order valence-electron chi connectivity index (χ4n) is 1.74. The van der Waals surface area contributed by atoms with Gasteiger partial charge in [0, 0.05) is 16.1 Å². The van der Waals surface area contributed by atoms with Crippen molar-refractivity contribution in [2.75, 3.05) is 7.11 Å². The molecule has 0 aromatic heterocycles. The van der Waals surface area contributed by atoms with Crippen LogP contribution >= 0.6 is 11.6 Å². The summed E-state index contributed by atoms with van der Waals surface area (Å²) in [5.41, 5.74) is 1.75. The SMILES string of the molecule is COc1ccc(O)cc1-c1cc(Cl)ccc1C#N. The Balaban J connectivity index is 2.72. The highest BCUT2D eigenvalue weighted by Crippen LogP contribution is 2.36. The number of hydrogen-bond acceptors (Lipinski definition) is 3. The third kappa shape index (κ3) is 2.24. The Morgan fingerprint density at radius 3 is 2.61 bits per heavy atom. The number of hydrogen-bond donors (Lipinski definition) is 1. The molecule has 2 aromatic carbocycles. The van der Waals surface area contributed by atoms with E-state index in [-0.39, 0.29) is 5.75 Å². The molecule has 0 fully saturated rings. The summed E-state index contributed by atoms with van der Waals surface area (Å²) in [7, 11) is 1.53. The molecule has 0 aliphatic carbocycles. The van der Waals surface area contributed by atoms with Crippen LogP contribution in [-0.2, 0) is 0 Å². The molecule has 0 atom stereocenters. The zero-order chi connectivity index (χ0) is 13.1. The first-order chi connectivity index (χ1) is 8.65. The first-order valence-corrected chi connectivity index (χ1v) is 5.60. The molecule has 2 rings (SSSR count). The van der Waals surface area contributed by atoms with E-state index in [0.29, 0.717) is 27.5 Å². The lowest BCUT2D eigenvalue weighted by atomic mass is 9.99. The van der Waals surface area contributed by atoms with Crippen molar-refractivity contribution in [3.05, 3.63) is 47.0 Å². The summed E-state index contributed by atoms with van der Waals surface area (Å²) in [5, 5.41) is 19.2. The van der Waals surface area contributed by atoms with Gasteiger partial charge >= 0.3 is 0 Å². The molecule has 0 saturated carbocycles. The molecular weight excluding hydrogens is 250 g/mol. The van der Waals surface area contributed by atoms with E-state index in [1.807, 2.05) is 0 Å². The molecule has 0 unspecified atom stereocenters. The molecule has 0 bridgehead atoms. The van der Waals surface area contributed by atoms with Gasteiger partial charge in [0.2, 0.25) is 0 Å². The highest BCUT2D eigenvalue weighted by Gasteiger charge is 2.12. The van der Waals surface area contributed by atoms with Crippen LogP contribution < -0.4 is 4.74 Å². The monoisotopic (exact) mass is 259 g/mol. The average molecular weight is 260 g/mol. The van der Waals surface area contributed by atoms with Gasteiger partial charge in [0.1, 0.15) is 11.5 Å². The van der Waals surface area contributed by atoms with Gasteiger partial charge in [0.25, 0.3) is 0 Å². The first-order valence-electron chi connectivity index (χ1n) is 5.22. The van der Waals surface area contributed by atoms with Crippen molar-refractivity contribution >= 4 is 11.6 Å². The Labute approximate surface area is 110 Å². The smallest absolute Gasteiger partial charge is 0.127 e. The van der Waals surface area contributed by atoms with Gasteiger partial charge in [-0.05, 0) is 36.4 Å². The minimum Gasteiger partial charge on any atom is -0.508 e. The number of phenols is 1. The van der Waals surface area contributed by atoms with Crippen LogP contribution in [0.4, 0.5) is 0 Å². The second-order valence-electron chi connectivity index (χ2n) is 3.69. The van der Waals surface area contributed by atoms with E-state index < -0.39 is 0 Å². The van der Waals surface area contributed by atoms with E-state index in [1.165, 1.54) is 13.2 Å². The van der Waals surface area contributed by atoms with Gasteiger partial charge in [-0.3, -0.25) is 0 Å². The van der Waals surface area contributed by atoms with Crippen molar-refractivity contribution in [2.24, 2.45) is 0 Å². The maximum Gasteiger partial charge on any atom is 0.127 e. The molecule has 0 radical (unpaired) electrons. The lowest BCUT2D eigenvalue weighted by molar-refractivity contribution is 0.414. The highest BCUT2D eigenvalue weighted by molar-refractivity contribution is 6.31. The van der Waals surface area contributed by atoms with Gasteiger partial charge < -0.3 is 9.84 Å². The number of rotatable bonds is 2. The number of benzene rings is 2. The van der Waals surface area contributed by atoms with Crippen LogP contribution in [-0.4, -0.2) is 12.2 Å². The van der Waals surface area contributed by atoms with Crippen molar-refractivity contribution < 1.29 is 9.84 Å². The summed E-state index contributed by atoms with van der Waals surface area (Å²) in [6.45, 7) is 0. The first kappa shape index (κ1) is 12.3. The molecule has 3 nitrogen and oxygen atoms in total. The largest absolute Gasteiger partial charge is 0.508 e. The zero-order valence-corrected chi connectivity index (χ0v) is 10.4. The van der Waals surface area contributed by atoms with E-state index in [1.54, 1.807) is 30.3 Å². The second kappa shape index (κ2) is 4.99. The Bertz CT molecular complexity index is 632. The average Bonchev–Trinajstić information content (AvgIpc) is 2.38. The van der Waals surface area contributed by atoms with Gasteiger partial charge in [-0.15, -0.1) is 0 Å². The number of halogens is 1. The minimum absolute atomic E-state index is 0.106. The second-order valence-corrected chi connectivity index (χ2v) is 4.12. The number of ether oxygens (including phenoxy) is 1. The maximum absolute atomic E-state index is 9.56. The van der Waals surface area contributed by atoms with Gasteiger partial charge in [0.15, 0.2) is 0 Å². The normalized spacial score (nSPS) is 9.83. The van der Waals surface area contributed by atoms with E-state index in [0.717, 1.165) is 0 Å². The lowest BCUT2D eigenvalue weighted by Gasteiger charge is -2.10. The number of phenolic OH excluding ortho intramolecular Hbond substituents is 1. The molecule has 90 valence electrons. The molecule has 0 spiro atoms. The summed E-state index contributed by atoms with van der Waals surface area (Å²) in [5.74, 6) is 0.682. The van der Waals surface area contributed by atoms with E-state index >= 15 is 0 Å². The molecule has 0 saturated heterocycles. The molecule has 0 heterocycles. The van der Waals surface area contributed by atoms with Gasteiger partial charge in [0.05, 0.1) is 18.7 Å².